The van der Waals surface area contributed by atoms with Gasteiger partial charge in [-0.25, -0.2) is 0 Å². The molecule has 0 spiro atoms. The van der Waals surface area contributed by atoms with Gasteiger partial charge in [0.1, 0.15) is 11.3 Å². The van der Waals surface area contributed by atoms with Gasteiger partial charge in [0.05, 0.1) is 12.0 Å². The lowest BCUT2D eigenvalue weighted by atomic mass is 10.1. The van der Waals surface area contributed by atoms with Crippen LogP contribution in [0.15, 0.2) is 42.5 Å². The van der Waals surface area contributed by atoms with Gasteiger partial charge in [0, 0.05) is 15.3 Å². The Labute approximate surface area is 134 Å². The van der Waals surface area contributed by atoms with Crippen molar-refractivity contribution in [2.75, 3.05) is 12.4 Å². The third-order valence-corrected chi connectivity index (χ3v) is 3.40. The van der Waals surface area contributed by atoms with Gasteiger partial charge < -0.3 is 10.1 Å². The molecule has 1 amide bonds. The van der Waals surface area contributed by atoms with Crippen LogP contribution < -0.4 is 10.1 Å². The van der Waals surface area contributed by atoms with Crippen molar-refractivity contribution in [1.29, 1.82) is 0 Å². The molecule has 0 atom stereocenters. The van der Waals surface area contributed by atoms with Gasteiger partial charge in [-0.2, -0.15) is 0 Å². The normalized spacial score (nSPS) is 10.0. The molecule has 2 rings (SSSR count). The fraction of sp³-hybridized carbons (Fsp3) is 0.0714. The van der Waals surface area contributed by atoms with E-state index in [4.69, 9.17) is 4.74 Å². The minimum Gasteiger partial charge on any atom is -0.497 e. The van der Waals surface area contributed by atoms with E-state index in [1.165, 1.54) is 25.3 Å². The molecule has 0 aliphatic rings. The Hall–Kier alpha value is -2.16. The molecule has 7 heteroatoms. The highest BCUT2D eigenvalue weighted by Crippen LogP contribution is 2.25. The SMILES string of the molecule is COc1ccc([N+](=O)[O-])c(C(=O)Nc2cccc(I)c2)c1. The number of hydrogen-bond acceptors (Lipinski definition) is 4. The van der Waals surface area contributed by atoms with E-state index in [1.807, 2.05) is 6.07 Å². The summed E-state index contributed by atoms with van der Waals surface area (Å²) in [5.41, 5.74) is 0.265. The van der Waals surface area contributed by atoms with E-state index < -0.39 is 10.8 Å². The van der Waals surface area contributed by atoms with E-state index in [-0.39, 0.29) is 11.3 Å². The number of anilines is 1. The molecule has 0 aliphatic heterocycles. The van der Waals surface area contributed by atoms with Crippen molar-refractivity contribution < 1.29 is 14.5 Å². The lowest BCUT2D eigenvalue weighted by Crippen LogP contribution is -2.14. The van der Waals surface area contributed by atoms with Gasteiger partial charge in [0.2, 0.25) is 0 Å². The van der Waals surface area contributed by atoms with Crippen LogP contribution in [0, 0.1) is 13.7 Å². The van der Waals surface area contributed by atoms with E-state index in [1.54, 1.807) is 18.2 Å². The lowest BCUT2D eigenvalue weighted by molar-refractivity contribution is -0.385. The molecule has 0 fully saturated rings. The number of nitro benzene ring substituents is 1. The number of methoxy groups -OCH3 is 1. The average molecular weight is 398 g/mol. The summed E-state index contributed by atoms with van der Waals surface area (Å²) in [5.74, 6) is -0.170. The average Bonchev–Trinajstić information content (AvgIpc) is 2.46. The van der Waals surface area contributed by atoms with Crippen molar-refractivity contribution in [3.05, 3.63) is 61.7 Å². The number of carbonyl (C=O) groups is 1. The highest BCUT2D eigenvalue weighted by atomic mass is 127. The number of hydrogen-bond donors (Lipinski definition) is 1. The molecule has 0 bridgehead atoms. The predicted octanol–water partition coefficient (Wildman–Crippen LogP) is 3.46. The molecule has 0 saturated carbocycles. The highest BCUT2D eigenvalue weighted by molar-refractivity contribution is 14.1. The van der Waals surface area contributed by atoms with Crippen molar-refractivity contribution in [3.8, 4) is 5.75 Å². The van der Waals surface area contributed by atoms with Crippen LogP contribution in [-0.2, 0) is 0 Å². The summed E-state index contributed by atoms with van der Waals surface area (Å²) in [7, 11) is 1.43. The molecule has 0 unspecified atom stereocenters. The number of nitro groups is 1. The Morgan fingerprint density at radius 2 is 2.05 bits per heavy atom. The topological polar surface area (TPSA) is 81.5 Å². The third-order valence-electron chi connectivity index (χ3n) is 2.73. The van der Waals surface area contributed by atoms with Gasteiger partial charge in [-0.05, 0) is 52.9 Å². The smallest absolute Gasteiger partial charge is 0.282 e. The quantitative estimate of drug-likeness (QED) is 0.486. The number of nitrogens with zero attached hydrogens (tertiary/aromatic N) is 1. The number of carbonyl (C=O) groups excluding carboxylic acids is 1. The maximum absolute atomic E-state index is 12.2. The fourth-order valence-electron chi connectivity index (χ4n) is 1.75. The van der Waals surface area contributed by atoms with E-state index in [2.05, 4.69) is 27.9 Å². The summed E-state index contributed by atoms with van der Waals surface area (Å²) in [6.07, 6.45) is 0. The summed E-state index contributed by atoms with van der Waals surface area (Å²) >= 11 is 2.12. The number of nitrogens with one attached hydrogen (secondary N) is 1. The van der Waals surface area contributed by atoms with Crippen LogP contribution in [0.2, 0.25) is 0 Å². The van der Waals surface area contributed by atoms with Crippen molar-refractivity contribution in [2.24, 2.45) is 0 Å². The number of amides is 1. The lowest BCUT2D eigenvalue weighted by Gasteiger charge is -2.08. The number of rotatable bonds is 4. The monoisotopic (exact) mass is 398 g/mol. The fourth-order valence-corrected chi connectivity index (χ4v) is 2.29. The summed E-state index contributed by atoms with van der Waals surface area (Å²) in [6, 6.07) is 11.2. The van der Waals surface area contributed by atoms with E-state index in [9.17, 15) is 14.9 Å². The molecule has 0 aliphatic carbocycles. The molecule has 1 N–H and O–H groups in total. The van der Waals surface area contributed by atoms with Crippen LogP contribution in [0.1, 0.15) is 10.4 Å². The molecular formula is C14H11IN2O4. The van der Waals surface area contributed by atoms with Crippen LogP contribution in [0.4, 0.5) is 11.4 Å². The third kappa shape index (κ3) is 3.69. The predicted molar refractivity (Wildman–Crippen MR) is 86.8 cm³/mol. The molecular weight excluding hydrogens is 387 g/mol. The van der Waals surface area contributed by atoms with Crippen LogP contribution >= 0.6 is 22.6 Å². The second-order valence-electron chi connectivity index (χ2n) is 4.10. The Balaban J connectivity index is 2.35. The van der Waals surface area contributed by atoms with Gasteiger partial charge in [0.15, 0.2) is 0 Å². The maximum Gasteiger partial charge on any atom is 0.282 e. The molecule has 0 radical (unpaired) electrons. The number of ether oxygens (including phenoxy) is 1. The van der Waals surface area contributed by atoms with Crippen LogP contribution in [0.5, 0.6) is 5.75 Å². The molecule has 0 aromatic heterocycles. The molecule has 2 aromatic carbocycles. The number of halogens is 1. The first-order chi connectivity index (χ1) is 10.0. The molecule has 0 saturated heterocycles. The van der Waals surface area contributed by atoms with Gasteiger partial charge in [-0.3, -0.25) is 14.9 Å². The maximum atomic E-state index is 12.2. The van der Waals surface area contributed by atoms with Crippen molar-refractivity contribution >= 4 is 39.9 Å². The molecule has 0 heterocycles. The summed E-state index contributed by atoms with van der Waals surface area (Å²) < 4.78 is 5.95. The zero-order valence-electron chi connectivity index (χ0n) is 11.0. The number of benzene rings is 2. The van der Waals surface area contributed by atoms with Crippen LogP contribution in [-0.4, -0.2) is 17.9 Å². The van der Waals surface area contributed by atoms with Crippen LogP contribution in [0.25, 0.3) is 0 Å². The van der Waals surface area contributed by atoms with E-state index >= 15 is 0 Å². The minimum atomic E-state index is -0.594. The Morgan fingerprint density at radius 3 is 2.67 bits per heavy atom. The zero-order valence-corrected chi connectivity index (χ0v) is 13.2. The van der Waals surface area contributed by atoms with Gasteiger partial charge >= 0.3 is 0 Å². The highest BCUT2D eigenvalue weighted by Gasteiger charge is 2.21. The van der Waals surface area contributed by atoms with Crippen LogP contribution in [0.3, 0.4) is 0 Å². The Morgan fingerprint density at radius 1 is 1.29 bits per heavy atom. The molecule has 6 nitrogen and oxygen atoms in total. The van der Waals surface area contributed by atoms with E-state index in [0.29, 0.717) is 11.4 Å². The van der Waals surface area contributed by atoms with Gasteiger partial charge in [-0.15, -0.1) is 0 Å². The largest absolute Gasteiger partial charge is 0.497 e. The van der Waals surface area contributed by atoms with Crippen molar-refractivity contribution in [1.82, 2.24) is 0 Å². The first kappa shape index (κ1) is 15.2. The molecule has 108 valence electrons. The van der Waals surface area contributed by atoms with Gasteiger partial charge in [-0.1, -0.05) is 6.07 Å². The zero-order chi connectivity index (χ0) is 15.4. The van der Waals surface area contributed by atoms with Crippen molar-refractivity contribution in [2.45, 2.75) is 0 Å². The first-order valence-electron chi connectivity index (χ1n) is 5.90. The molecule has 2 aromatic rings. The molecule has 21 heavy (non-hydrogen) atoms. The summed E-state index contributed by atoms with van der Waals surface area (Å²) in [6.45, 7) is 0. The Kier molecular flexibility index (Phi) is 4.73. The summed E-state index contributed by atoms with van der Waals surface area (Å²) in [4.78, 5) is 22.7. The minimum absolute atomic E-state index is 0.0433. The second kappa shape index (κ2) is 6.53. The first-order valence-corrected chi connectivity index (χ1v) is 6.98. The summed E-state index contributed by atoms with van der Waals surface area (Å²) in [5, 5.41) is 13.7. The second-order valence-corrected chi connectivity index (χ2v) is 5.35. The van der Waals surface area contributed by atoms with Gasteiger partial charge in [0.25, 0.3) is 11.6 Å². The Bertz CT molecular complexity index is 703. The standard InChI is InChI=1S/C14H11IN2O4/c1-21-11-5-6-13(17(19)20)12(8-11)14(18)16-10-4-2-3-9(15)7-10/h2-8H,1H3,(H,16,18). The van der Waals surface area contributed by atoms with E-state index in [0.717, 1.165) is 3.57 Å². The van der Waals surface area contributed by atoms with Crippen molar-refractivity contribution in [3.63, 3.8) is 0 Å².